The van der Waals surface area contributed by atoms with Gasteiger partial charge in [0, 0.05) is 0 Å². The van der Waals surface area contributed by atoms with Gasteiger partial charge in [0.2, 0.25) is 0 Å². The molecule has 6 nitrogen and oxygen atoms in total. The van der Waals surface area contributed by atoms with E-state index in [1.807, 2.05) is 75.4 Å². The number of carbonyl (C=O) groups excluding carboxylic acids is 1. The zero-order chi connectivity index (χ0) is 20.4. The van der Waals surface area contributed by atoms with Crippen molar-refractivity contribution < 1.29 is 14.3 Å². The van der Waals surface area contributed by atoms with E-state index in [-0.39, 0.29) is 6.61 Å². The van der Waals surface area contributed by atoms with Gasteiger partial charge in [-0.2, -0.15) is 0 Å². The van der Waals surface area contributed by atoms with E-state index in [9.17, 15) is 4.79 Å². The van der Waals surface area contributed by atoms with Crippen LogP contribution in [0, 0.1) is 20.8 Å². The minimum absolute atomic E-state index is 0.190. The Morgan fingerprint density at radius 2 is 1.62 bits per heavy atom. The first-order valence-electron chi connectivity index (χ1n) is 9.33. The van der Waals surface area contributed by atoms with Crippen molar-refractivity contribution in [2.45, 2.75) is 20.8 Å². The molecule has 4 aromatic rings. The summed E-state index contributed by atoms with van der Waals surface area (Å²) in [5.74, 6) is 0.517. The lowest BCUT2D eigenvalue weighted by Crippen LogP contribution is -2.19. The molecule has 0 amide bonds. The number of aryl methyl sites for hydroxylation is 3. The minimum atomic E-state index is -0.495. The van der Waals surface area contributed by atoms with Gasteiger partial charge < -0.3 is 9.47 Å². The van der Waals surface area contributed by atoms with E-state index in [0.29, 0.717) is 17.2 Å². The molecular formula is C23H21N3O3. The lowest BCUT2D eigenvalue weighted by atomic mass is 10.1. The summed E-state index contributed by atoms with van der Waals surface area (Å²) < 4.78 is 11.1. The van der Waals surface area contributed by atoms with Gasteiger partial charge in [0.05, 0.1) is 0 Å². The number of esters is 1. The average molecular weight is 387 g/mol. The molecule has 0 radical (unpaired) electrons. The van der Waals surface area contributed by atoms with Crippen LogP contribution in [0.4, 0.5) is 0 Å². The number of nitrogens with zero attached hydrogens (tertiary/aromatic N) is 3. The van der Waals surface area contributed by atoms with Crippen LogP contribution in [0.2, 0.25) is 0 Å². The number of benzene rings is 3. The monoisotopic (exact) mass is 387 g/mol. The van der Waals surface area contributed by atoms with Gasteiger partial charge in [-0.1, -0.05) is 24.3 Å². The van der Waals surface area contributed by atoms with E-state index in [1.165, 1.54) is 10.4 Å². The van der Waals surface area contributed by atoms with Gasteiger partial charge in [0.25, 0.3) is 0 Å². The van der Waals surface area contributed by atoms with Gasteiger partial charge in [0.1, 0.15) is 22.5 Å². The highest BCUT2D eigenvalue weighted by Crippen LogP contribution is 2.25. The zero-order valence-corrected chi connectivity index (χ0v) is 16.5. The maximum absolute atomic E-state index is 12.4. The smallest absolute Gasteiger partial charge is 0.349 e. The van der Waals surface area contributed by atoms with Crippen molar-refractivity contribution in [3.63, 3.8) is 0 Å². The number of hydrogen-bond acceptors (Lipinski definition) is 5. The van der Waals surface area contributed by atoms with E-state index in [2.05, 4.69) is 10.2 Å². The molecule has 0 fully saturated rings. The second-order valence-electron chi connectivity index (χ2n) is 6.96. The molecule has 1 aromatic heterocycles. The predicted molar refractivity (Wildman–Crippen MR) is 111 cm³/mol. The van der Waals surface area contributed by atoms with Crippen molar-refractivity contribution in [2.24, 2.45) is 0 Å². The third-order valence-corrected chi connectivity index (χ3v) is 4.68. The van der Waals surface area contributed by atoms with Crippen molar-refractivity contribution in [2.75, 3.05) is 6.61 Å². The largest absolute Gasteiger partial charge is 0.482 e. The molecule has 0 spiro atoms. The number of rotatable bonds is 5. The van der Waals surface area contributed by atoms with E-state index in [4.69, 9.17) is 9.47 Å². The standard InChI is InChI=1S/C23H21N3O3/c1-15-8-11-22(21(12-15)26-24-19-6-4-5-7-20(19)25-26)29-23(27)14-28-18-10-9-16(2)17(3)13-18/h4-13H,14H2,1-3H3. The van der Waals surface area contributed by atoms with Crippen LogP contribution in [-0.2, 0) is 4.79 Å². The molecule has 0 aliphatic heterocycles. The summed E-state index contributed by atoms with van der Waals surface area (Å²) in [7, 11) is 0. The van der Waals surface area contributed by atoms with Crippen LogP contribution >= 0.6 is 0 Å². The number of fused-ring (bicyclic) bond motifs is 1. The van der Waals surface area contributed by atoms with Gasteiger partial charge in [-0.25, -0.2) is 4.79 Å². The third-order valence-electron chi connectivity index (χ3n) is 4.68. The lowest BCUT2D eigenvalue weighted by Gasteiger charge is -2.11. The molecule has 3 aromatic carbocycles. The summed E-state index contributed by atoms with van der Waals surface area (Å²) in [6.07, 6.45) is 0. The Labute approximate surface area is 168 Å². The maximum atomic E-state index is 12.4. The Hall–Kier alpha value is -3.67. The Bertz CT molecular complexity index is 1160. The van der Waals surface area contributed by atoms with E-state index < -0.39 is 5.97 Å². The number of hydrogen-bond donors (Lipinski definition) is 0. The maximum Gasteiger partial charge on any atom is 0.349 e. The van der Waals surface area contributed by atoms with Gasteiger partial charge in [-0.15, -0.1) is 15.0 Å². The second kappa shape index (κ2) is 7.75. The summed E-state index contributed by atoms with van der Waals surface area (Å²) in [5, 5.41) is 8.97. The topological polar surface area (TPSA) is 66.2 Å². The summed E-state index contributed by atoms with van der Waals surface area (Å²) in [4.78, 5) is 13.9. The van der Waals surface area contributed by atoms with Crippen molar-refractivity contribution in [3.05, 3.63) is 77.4 Å². The Balaban J connectivity index is 1.53. The Kier molecular flexibility index (Phi) is 4.99. The van der Waals surface area contributed by atoms with Gasteiger partial charge >= 0.3 is 5.97 Å². The van der Waals surface area contributed by atoms with Crippen LogP contribution in [0.5, 0.6) is 11.5 Å². The van der Waals surface area contributed by atoms with Crippen LogP contribution in [-0.4, -0.2) is 27.6 Å². The minimum Gasteiger partial charge on any atom is -0.482 e. The summed E-state index contributed by atoms with van der Waals surface area (Å²) >= 11 is 0. The third kappa shape index (κ3) is 4.11. The zero-order valence-electron chi connectivity index (χ0n) is 16.5. The van der Waals surface area contributed by atoms with Crippen molar-refractivity contribution in [1.29, 1.82) is 0 Å². The average Bonchev–Trinajstić information content (AvgIpc) is 3.14. The first-order valence-corrected chi connectivity index (χ1v) is 9.33. The van der Waals surface area contributed by atoms with Crippen molar-refractivity contribution in [3.8, 4) is 17.2 Å². The normalized spacial score (nSPS) is 10.9. The fourth-order valence-corrected chi connectivity index (χ4v) is 2.94. The molecule has 0 bridgehead atoms. The van der Waals surface area contributed by atoms with Crippen LogP contribution in [0.3, 0.4) is 0 Å². The molecule has 0 aliphatic rings. The Morgan fingerprint density at radius 3 is 2.31 bits per heavy atom. The number of ether oxygens (including phenoxy) is 2. The summed E-state index contributed by atoms with van der Waals surface area (Å²) in [6, 6.07) is 18.8. The molecule has 0 saturated carbocycles. The lowest BCUT2D eigenvalue weighted by molar-refractivity contribution is -0.136. The summed E-state index contributed by atoms with van der Waals surface area (Å²) in [6.45, 7) is 5.80. The molecule has 146 valence electrons. The van der Waals surface area contributed by atoms with Crippen LogP contribution in [0.1, 0.15) is 16.7 Å². The summed E-state index contributed by atoms with van der Waals surface area (Å²) in [5.41, 5.74) is 5.42. The quantitative estimate of drug-likeness (QED) is 0.377. The van der Waals surface area contributed by atoms with Gasteiger partial charge in [0.15, 0.2) is 12.4 Å². The molecule has 6 heteroatoms. The SMILES string of the molecule is Cc1ccc(OC(=O)COc2ccc(C)c(C)c2)c(-n2nc3ccccc3n2)c1. The predicted octanol–water partition coefficient (Wildman–Crippen LogP) is 4.33. The fraction of sp³-hybridized carbons (Fsp3) is 0.174. The van der Waals surface area contributed by atoms with Gasteiger partial charge in [-0.3, -0.25) is 0 Å². The molecule has 4 rings (SSSR count). The Morgan fingerprint density at radius 1 is 0.897 bits per heavy atom. The second-order valence-corrected chi connectivity index (χ2v) is 6.96. The molecule has 0 saturated heterocycles. The van der Waals surface area contributed by atoms with E-state index in [1.54, 1.807) is 6.07 Å². The first kappa shape index (κ1) is 18.7. The molecular weight excluding hydrogens is 366 g/mol. The van der Waals surface area contributed by atoms with Crippen LogP contribution < -0.4 is 9.47 Å². The van der Waals surface area contributed by atoms with E-state index >= 15 is 0 Å². The van der Waals surface area contributed by atoms with E-state index in [0.717, 1.165) is 22.2 Å². The fourth-order valence-electron chi connectivity index (χ4n) is 2.94. The van der Waals surface area contributed by atoms with Gasteiger partial charge in [-0.05, 0) is 73.9 Å². The molecule has 0 aliphatic carbocycles. The molecule has 0 N–H and O–H groups in total. The van der Waals surface area contributed by atoms with Crippen LogP contribution in [0.15, 0.2) is 60.7 Å². The van der Waals surface area contributed by atoms with Crippen molar-refractivity contribution >= 4 is 17.0 Å². The van der Waals surface area contributed by atoms with Crippen LogP contribution in [0.25, 0.3) is 16.7 Å². The van der Waals surface area contributed by atoms with Crippen molar-refractivity contribution in [1.82, 2.24) is 15.0 Å². The number of carbonyl (C=O) groups is 1. The highest BCUT2D eigenvalue weighted by Gasteiger charge is 2.14. The molecule has 0 unspecified atom stereocenters. The highest BCUT2D eigenvalue weighted by molar-refractivity contribution is 5.76. The molecule has 0 atom stereocenters. The number of aromatic nitrogens is 3. The highest BCUT2D eigenvalue weighted by atomic mass is 16.6. The molecule has 1 heterocycles. The molecule has 29 heavy (non-hydrogen) atoms. The first-order chi connectivity index (χ1) is 14.0.